The van der Waals surface area contributed by atoms with E-state index in [1.54, 1.807) is 7.11 Å². The van der Waals surface area contributed by atoms with Crippen molar-refractivity contribution in [3.8, 4) is 5.75 Å². The molecule has 2 rings (SSSR count). The van der Waals surface area contributed by atoms with Crippen LogP contribution in [0.25, 0.3) is 0 Å². The summed E-state index contributed by atoms with van der Waals surface area (Å²) in [6.07, 6.45) is 1.16. The van der Waals surface area contributed by atoms with Crippen LogP contribution in [0.1, 0.15) is 23.5 Å². The van der Waals surface area contributed by atoms with E-state index in [9.17, 15) is 5.11 Å². The van der Waals surface area contributed by atoms with E-state index in [1.807, 2.05) is 12.1 Å². The topological polar surface area (TPSA) is 41.5 Å². The highest BCUT2D eigenvalue weighted by molar-refractivity contribution is 5.38. The van der Waals surface area contributed by atoms with Gasteiger partial charge in [-0.3, -0.25) is 0 Å². The van der Waals surface area contributed by atoms with Crippen LogP contribution in [0.15, 0.2) is 18.2 Å². The Bertz CT molecular complexity index is 332. The summed E-state index contributed by atoms with van der Waals surface area (Å²) in [7, 11) is 1.63. The number of benzene rings is 1. The Labute approximate surface area is 90.1 Å². The maximum Gasteiger partial charge on any atom is 0.121 e. The van der Waals surface area contributed by atoms with Crippen molar-refractivity contribution < 1.29 is 9.84 Å². The zero-order chi connectivity index (χ0) is 10.7. The summed E-state index contributed by atoms with van der Waals surface area (Å²) in [5.74, 6) is 0.897. The monoisotopic (exact) mass is 207 g/mol. The van der Waals surface area contributed by atoms with Crippen LogP contribution in [-0.2, 0) is 11.3 Å². The van der Waals surface area contributed by atoms with Crippen molar-refractivity contribution in [2.45, 2.75) is 18.9 Å². The molecule has 1 unspecified atom stereocenters. The van der Waals surface area contributed by atoms with Gasteiger partial charge in [-0.25, -0.2) is 0 Å². The highest BCUT2D eigenvalue weighted by Gasteiger charge is 2.17. The summed E-state index contributed by atoms with van der Waals surface area (Å²) in [5, 5.41) is 13.1. The van der Waals surface area contributed by atoms with Crippen LogP contribution in [0.4, 0.5) is 0 Å². The molecule has 0 saturated carbocycles. The number of aromatic hydroxyl groups is 1. The normalized spacial score (nSPS) is 20.7. The van der Waals surface area contributed by atoms with Gasteiger partial charge >= 0.3 is 0 Å². The Kier molecular flexibility index (Phi) is 3.23. The molecule has 0 radical (unpaired) electrons. The molecule has 15 heavy (non-hydrogen) atoms. The summed E-state index contributed by atoms with van der Waals surface area (Å²) in [4.78, 5) is 0. The third kappa shape index (κ3) is 2.30. The van der Waals surface area contributed by atoms with E-state index in [-0.39, 0.29) is 0 Å². The van der Waals surface area contributed by atoms with E-state index in [1.165, 1.54) is 5.56 Å². The summed E-state index contributed by atoms with van der Waals surface area (Å²) in [5.41, 5.74) is 2.07. The van der Waals surface area contributed by atoms with Crippen LogP contribution in [0.2, 0.25) is 0 Å². The Balaban J connectivity index is 2.16. The van der Waals surface area contributed by atoms with Gasteiger partial charge in [-0.15, -0.1) is 0 Å². The fraction of sp³-hybridized carbons (Fsp3) is 0.500. The fourth-order valence-corrected chi connectivity index (χ4v) is 2.05. The van der Waals surface area contributed by atoms with Crippen LogP contribution in [0.5, 0.6) is 5.75 Å². The van der Waals surface area contributed by atoms with Gasteiger partial charge in [0.15, 0.2) is 0 Å². The minimum atomic E-state index is 0.348. The molecule has 2 N–H and O–H groups in total. The van der Waals surface area contributed by atoms with Crippen LogP contribution >= 0.6 is 0 Å². The van der Waals surface area contributed by atoms with Gasteiger partial charge in [0.05, 0.1) is 6.61 Å². The average Bonchev–Trinajstić information content (AvgIpc) is 2.74. The van der Waals surface area contributed by atoms with Crippen molar-refractivity contribution >= 4 is 0 Å². The van der Waals surface area contributed by atoms with E-state index >= 15 is 0 Å². The molecule has 0 spiro atoms. The second-order valence-electron chi connectivity index (χ2n) is 4.01. The molecule has 3 heteroatoms. The zero-order valence-corrected chi connectivity index (χ0v) is 8.99. The van der Waals surface area contributed by atoms with Crippen LogP contribution in [0.3, 0.4) is 0 Å². The van der Waals surface area contributed by atoms with Crippen molar-refractivity contribution in [1.29, 1.82) is 0 Å². The van der Waals surface area contributed by atoms with E-state index in [2.05, 4.69) is 11.4 Å². The Hall–Kier alpha value is -1.06. The molecule has 1 atom stereocenters. The molecule has 1 aliphatic heterocycles. The first-order valence-electron chi connectivity index (χ1n) is 5.32. The first-order valence-corrected chi connectivity index (χ1v) is 5.32. The Morgan fingerprint density at radius 1 is 1.53 bits per heavy atom. The van der Waals surface area contributed by atoms with Gasteiger partial charge in [0.2, 0.25) is 0 Å². The molecular weight excluding hydrogens is 190 g/mol. The van der Waals surface area contributed by atoms with E-state index < -0.39 is 0 Å². The van der Waals surface area contributed by atoms with Crippen LogP contribution < -0.4 is 5.32 Å². The molecule has 0 amide bonds. The van der Waals surface area contributed by atoms with Gasteiger partial charge in [0.25, 0.3) is 0 Å². The molecule has 0 bridgehead atoms. The maximum absolute atomic E-state index is 9.78. The SMILES string of the molecule is COCc1ccc(C2CCNC2)cc1O. The lowest BCUT2D eigenvalue weighted by Gasteiger charge is -2.11. The van der Waals surface area contributed by atoms with Crippen LogP contribution in [0, 0.1) is 0 Å². The number of phenols is 1. The largest absolute Gasteiger partial charge is 0.508 e. The molecule has 0 aromatic heterocycles. The Morgan fingerprint density at radius 2 is 2.40 bits per heavy atom. The number of methoxy groups -OCH3 is 1. The molecule has 1 heterocycles. The highest BCUT2D eigenvalue weighted by Crippen LogP contribution is 2.27. The van der Waals surface area contributed by atoms with Crippen molar-refractivity contribution in [3.05, 3.63) is 29.3 Å². The van der Waals surface area contributed by atoms with Gasteiger partial charge < -0.3 is 15.2 Å². The van der Waals surface area contributed by atoms with Gasteiger partial charge in [-0.1, -0.05) is 12.1 Å². The van der Waals surface area contributed by atoms with Gasteiger partial charge in [-0.2, -0.15) is 0 Å². The quantitative estimate of drug-likeness (QED) is 0.791. The number of hydrogen-bond acceptors (Lipinski definition) is 3. The standard InChI is InChI=1S/C12H17NO2/c1-15-8-11-3-2-9(6-12(11)14)10-4-5-13-7-10/h2-3,6,10,13-14H,4-5,7-8H2,1H3. The van der Waals surface area contributed by atoms with Gasteiger partial charge in [0, 0.05) is 19.2 Å². The lowest BCUT2D eigenvalue weighted by atomic mass is 9.97. The third-order valence-corrected chi connectivity index (χ3v) is 2.94. The molecule has 0 aliphatic carbocycles. The number of ether oxygens (including phenoxy) is 1. The molecule has 1 fully saturated rings. The number of nitrogens with one attached hydrogen (secondary N) is 1. The summed E-state index contributed by atoms with van der Waals surface area (Å²) in [6.45, 7) is 2.56. The van der Waals surface area contributed by atoms with Crippen molar-refractivity contribution in [3.63, 3.8) is 0 Å². The summed E-state index contributed by atoms with van der Waals surface area (Å²) >= 11 is 0. The van der Waals surface area contributed by atoms with Gasteiger partial charge in [-0.05, 0) is 30.5 Å². The molecule has 1 aromatic carbocycles. The lowest BCUT2D eigenvalue weighted by Crippen LogP contribution is -2.08. The first-order chi connectivity index (χ1) is 7.31. The van der Waals surface area contributed by atoms with E-state index in [4.69, 9.17) is 4.74 Å². The average molecular weight is 207 g/mol. The highest BCUT2D eigenvalue weighted by atomic mass is 16.5. The first kappa shape index (κ1) is 10.5. The minimum absolute atomic E-state index is 0.348. The molecular formula is C12H17NO2. The second kappa shape index (κ2) is 4.64. The summed E-state index contributed by atoms with van der Waals surface area (Å²) < 4.78 is 5.00. The predicted molar refractivity (Wildman–Crippen MR) is 59.0 cm³/mol. The number of rotatable bonds is 3. The number of phenolic OH excluding ortho intramolecular Hbond substituents is 1. The van der Waals surface area contributed by atoms with E-state index in [0.29, 0.717) is 18.3 Å². The van der Waals surface area contributed by atoms with Gasteiger partial charge in [0.1, 0.15) is 5.75 Å². The number of hydrogen-bond donors (Lipinski definition) is 2. The Morgan fingerprint density at radius 3 is 3.00 bits per heavy atom. The second-order valence-corrected chi connectivity index (χ2v) is 4.01. The maximum atomic E-state index is 9.78. The molecule has 1 aromatic rings. The molecule has 1 aliphatic rings. The lowest BCUT2D eigenvalue weighted by molar-refractivity contribution is 0.182. The van der Waals surface area contributed by atoms with E-state index in [0.717, 1.165) is 25.1 Å². The predicted octanol–water partition coefficient (Wildman–Crippen LogP) is 1.62. The minimum Gasteiger partial charge on any atom is -0.508 e. The van der Waals surface area contributed by atoms with Crippen molar-refractivity contribution in [2.75, 3.05) is 20.2 Å². The molecule has 3 nitrogen and oxygen atoms in total. The molecule has 82 valence electrons. The zero-order valence-electron chi connectivity index (χ0n) is 8.99. The van der Waals surface area contributed by atoms with Crippen LogP contribution in [-0.4, -0.2) is 25.3 Å². The molecule has 1 saturated heterocycles. The smallest absolute Gasteiger partial charge is 0.121 e. The third-order valence-electron chi connectivity index (χ3n) is 2.94. The van der Waals surface area contributed by atoms with Crippen molar-refractivity contribution in [1.82, 2.24) is 5.32 Å². The summed E-state index contributed by atoms with van der Waals surface area (Å²) in [6, 6.07) is 5.91. The fourth-order valence-electron chi connectivity index (χ4n) is 2.05. The van der Waals surface area contributed by atoms with Crippen molar-refractivity contribution in [2.24, 2.45) is 0 Å².